The van der Waals surface area contributed by atoms with Gasteiger partial charge in [-0.3, -0.25) is 0 Å². The molecular weight excluding hydrogens is 298 g/mol. The minimum Gasteiger partial charge on any atom is -0.451 e. The Hall–Kier alpha value is -2.06. The number of esters is 1. The summed E-state index contributed by atoms with van der Waals surface area (Å²) in [6, 6.07) is 3.90. The van der Waals surface area contributed by atoms with Crippen molar-refractivity contribution in [2.24, 2.45) is 0 Å². The van der Waals surface area contributed by atoms with E-state index in [1.165, 1.54) is 11.3 Å². The first-order valence-corrected chi connectivity index (χ1v) is 7.44. The van der Waals surface area contributed by atoms with Crippen molar-refractivity contribution >= 4 is 28.6 Å². The lowest BCUT2D eigenvalue weighted by Crippen LogP contribution is -2.05. The van der Waals surface area contributed by atoms with E-state index in [2.05, 4.69) is 15.1 Å². The lowest BCUT2D eigenvalue weighted by Gasteiger charge is -1.97. The van der Waals surface area contributed by atoms with Crippen molar-refractivity contribution in [3.8, 4) is 9.88 Å². The zero-order valence-electron chi connectivity index (χ0n) is 10.4. The molecule has 0 spiro atoms. The minimum atomic E-state index is -0.500. The third kappa shape index (κ3) is 2.75. The van der Waals surface area contributed by atoms with Crippen molar-refractivity contribution in [2.75, 3.05) is 0 Å². The van der Waals surface area contributed by atoms with Crippen LogP contribution in [0.3, 0.4) is 0 Å². The Balaban J connectivity index is 1.65. The number of rotatable bonds is 4. The van der Waals surface area contributed by atoms with Crippen LogP contribution in [-0.4, -0.2) is 21.1 Å². The van der Waals surface area contributed by atoms with Crippen LogP contribution in [-0.2, 0) is 11.3 Å². The van der Waals surface area contributed by atoms with Crippen LogP contribution in [0.1, 0.15) is 22.2 Å². The van der Waals surface area contributed by atoms with Gasteiger partial charge in [-0.2, -0.15) is 4.98 Å². The third-order valence-corrected chi connectivity index (χ3v) is 4.22. The van der Waals surface area contributed by atoms with Crippen LogP contribution >= 0.6 is 22.7 Å². The van der Waals surface area contributed by atoms with E-state index in [1.54, 1.807) is 23.6 Å². The molecule has 3 rings (SSSR count). The van der Waals surface area contributed by atoms with E-state index in [0.29, 0.717) is 5.82 Å². The molecule has 8 heteroatoms. The van der Waals surface area contributed by atoms with E-state index >= 15 is 0 Å². The summed E-state index contributed by atoms with van der Waals surface area (Å²) in [7, 11) is 0. The van der Waals surface area contributed by atoms with Crippen LogP contribution in [0.25, 0.3) is 9.88 Å². The Labute approximate surface area is 122 Å². The molecule has 0 N–H and O–H groups in total. The summed E-state index contributed by atoms with van der Waals surface area (Å²) in [6.07, 6.45) is 0. The quantitative estimate of drug-likeness (QED) is 0.690. The molecule has 3 aromatic rings. The topological polar surface area (TPSA) is 78.1 Å². The summed E-state index contributed by atoms with van der Waals surface area (Å²) < 4.78 is 9.93. The Morgan fingerprint density at radius 3 is 3.00 bits per heavy atom. The van der Waals surface area contributed by atoms with E-state index < -0.39 is 5.97 Å². The number of carbonyl (C=O) groups excluding carboxylic acids is 1. The van der Waals surface area contributed by atoms with Crippen LogP contribution in [0.5, 0.6) is 0 Å². The van der Waals surface area contributed by atoms with Crippen LogP contribution in [0.15, 0.2) is 27.4 Å². The van der Waals surface area contributed by atoms with E-state index in [9.17, 15) is 4.79 Å². The van der Waals surface area contributed by atoms with E-state index in [0.717, 1.165) is 9.88 Å². The molecule has 20 heavy (non-hydrogen) atoms. The fourth-order valence-corrected chi connectivity index (χ4v) is 3.08. The number of nitrogens with zero attached hydrogens (tertiary/aromatic N) is 3. The summed E-state index contributed by atoms with van der Waals surface area (Å²) in [5.41, 5.74) is 0.287. The zero-order chi connectivity index (χ0) is 13.9. The Bertz CT molecular complexity index is 718. The normalized spacial score (nSPS) is 10.7. The van der Waals surface area contributed by atoms with Crippen LogP contribution in [0.2, 0.25) is 0 Å². The summed E-state index contributed by atoms with van der Waals surface area (Å²) >= 11 is 2.99. The summed E-state index contributed by atoms with van der Waals surface area (Å²) in [6.45, 7) is 1.65. The van der Waals surface area contributed by atoms with Crippen molar-refractivity contribution in [2.45, 2.75) is 13.5 Å². The second kappa shape index (κ2) is 5.51. The van der Waals surface area contributed by atoms with Crippen molar-refractivity contribution in [1.29, 1.82) is 0 Å². The number of aromatic nitrogens is 3. The maximum absolute atomic E-state index is 11.8. The van der Waals surface area contributed by atoms with Gasteiger partial charge in [0.05, 0.1) is 4.88 Å². The van der Waals surface area contributed by atoms with Gasteiger partial charge >= 0.3 is 5.97 Å². The summed E-state index contributed by atoms with van der Waals surface area (Å²) in [4.78, 5) is 21.1. The molecule has 0 radical (unpaired) electrons. The number of thiazole rings is 1. The molecule has 3 aromatic heterocycles. The molecule has 0 aromatic carbocycles. The Morgan fingerprint density at radius 2 is 2.30 bits per heavy atom. The van der Waals surface area contributed by atoms with Gasteiger partial charge in [0.15, 0.2) is 18.1 Å². The van der Waals surface area contributed by atoms with E-state index in [-0.39, 0.29) is 18.2 Å². The second-order valence-corrected chi connectivity index (χ2v) is 5.63. The third-order valence-electron chi connectivity index (χ3n) is 2.34. The molecule has 6 nitrogen and oxygen atoms in total. The molecule has 0 fully saturated rings. The molecule has 102 valence electrons. The first kappa shape index (κ1) is 12.9. The number of thiophene rings is 1. The minimum absolute atomic E-state index is 0.0501. The standard InChI is InChI=1S/C12H9N3O3S2/c1-7-13-10(18-15-7)5-17-12(16)8-6-20-11(14-8)9-3-2-4-19-9/h2-4,6H,5H2,1H3. The molecule has 0 atom stereocenters. The highest BCUT2D eigenvalue weighted by Crippen LogP contribution is 2.27. The molecule has 0 amide bonds. The average molecular weight is 307 g/mol. The summed E-state index contributed by atoms with van der Waals surface area (Å²) in [5.74, 6) is 0.272. The molecule has 3 heterocycles. The number of hydrogen-bond acceptors (Lipinski definition) is 8. The number of aryl methyl sites for hydroxylation is 1. The van der Waals surface area contributed by atoms with Gasteiger partial charge in [0.1, 0.15) is 5.01 Å². The highest BCUT2D eigenvalue weighted by molar-refractivity contribution is 7.20. The van der Waals surface area contributed by atoms with Gasteiger partial charge in [-0.1, -0.05) is 11.2 Å². The van der Waals surface area contributed by atoms with Gasteiger partial charge in [-0.05, 0) is 18.4 Å². The van der Waals surface area contributed by atoms with Crippen LogP contribution in [0.4, 0.5) is 0 Å². The Kier molecular flexibility index (Phi) is 3.57. The largest absolute Gasteiger partial charge is 0.451 e. The molecule has 0 unspecified atom stereocenters. The first-order chi connectivity index (χ1) is 9.72. The summed E-state index contributed by atoms with van der Waals surface area (Å²) in [5, 5.41) is 8.06. The first-order valence-electron chi connectivity index (χ1n) is 5.68. The molecule has 0 saturated heterocycles. The fraction of sp³-hybridized carbons (Fsp3) is 0.167. The van der Waals surface area contributed by atoms with Crippen molar-refractivity contribution in [3.63, 3.8) is 0 Å². The Morgan fingerprint density at radius 1 is 1.40 bits per heavy atom. The highest BCUT2D eigenvalue weighted by Gasteiger charge is 2.15. The predicted molar refractivity (Wildman–Crippen MR) is 73.6 cm³/mol. The SMILES string of the molecule is Cc1noc(COC(=O)c2csc(-c3cccs3)n2)n1. The maximum Gasteiger partial charge on any atom is 0.358 e. The molecule has 0 aliphatic rings. The zero-order valence-corrected chi connectivity index (χ0v) is 12.0. The van der Waals surface area contributed by atoms with Gasteiger partial charge in [0.25, 0.3) is 5.89 Å². The smallest absolute Gasteiger partial charge is 0.358 e. The molecular formula is C12H9N3O3S2. The van der Waals surface area contributed by atoms with Crippen molar-refractivity contribution in [3.05, 3.63) is 40.3 Å². The maximum atomic E-state index is 11.8. The van der Waals surface area contributed by atoms with Crippen molar-refractivity contribution in [1.82, 2.24) is 15.1 Å². The molecule has 0 aliphatic carbocycles. The lowest BCUT2D eigenvalue weighted by molar-refractivity contribution is 0.0424. The molecule has 0 aliphatic heterocycles. The average Bonchev–Trinajstić information content (AvgIpc) is 3.16. The fourth-order valence-electron chi connectivity index (χ4n) is 1.48. The number of ether oxygens (including phenoxy) is 1. The van der Waals surface area contributed by atoms with Gasteiger partial charge in [-0.25, -0.2) is 9.78 Å². The van der Waals surface area contributed by atoms with Gasteiger partial charge in [0.2, 0.25) is 0 Å². The lowest BCUT2D eigenvalue weighted by atomic mass is 10.4. The van der Waals surface area contributed by atoms with E-state index in [1.807, 2.05) is 17.5 Å². The molecule has 0 saturated carbocycles. The second-order valence-electron chi connectivity index (χ2n) is 3.83. The van der Waals surface area contributed by atoms with Gasteiger partial charge < -0.3 is 9.26 Å². The van der Waals surface area contributed by atoms with Crippen LogP contribution < -0.4 is 0 Å². The monoisotopic (exact) mass is 307 g/mol. The molecule has 0 bridgehead atoms. The van der Waals surface area contributed by atoms with Crippen molar-refractivity contribution < 1.29 is 14.1 Å². The number of carbonyl (C=O) groups is 1. The van der Waals surface area contributed by atoms with Gasteiger partial charge in [-0.15, -0.1) is 22.7 Å². The predicted octanol–water partition coefficient (Wildman–Crippen LogP) is 2.92. The van der Waals surface area contributed by atoms with Gasteiger partial charge in [0, 0.05) is 5.38 Å². The highest BCUT2D eigenvalue weighted by atomic mass is 32.1. The van der Waals surface area contributed by atoms with Crippen LogP contribution in [0, 0.1) is 6.92 Å². The van der Waals surface area contributed by atoms with E-state index in [4.69, 9.17) is 9.26 Å². The number of hydrogen-bond donors (Lipinski definition) is 0.